The van der Waals surface area contributed by atoms with Gasteiger partial charge in [0.05, 0.1) is 5.56 Å². The lowest BCUT2D eigenvalue weighted by Gasteiger charge is -2.14. The second-order valence-corrected chi connectivity index (χ2v) is 4.68. The molecule has 0 aliphatic rings. The summed E-state index contributed by atoms with van der Waals surface area (Å²) in [6, 6.07) is 3.67. The second kappa shape index (κ2) is 5.84. The Labute approximate surface area is 107 Å². The first kappa shape index (κ1) is 14.5. The molecule has 1 atom stereocenters. The smallest absolute Gasteiger partial charge is 0.329 e. The molecule has 0 saturated heterocycles. The first-order valence-corrected chi connectivity index (χ1v) is 5.93. The van der Waals surface area contributed by atoms with Gasteiger partial charge in [-0.2, -0.15) is 13.2 Å². The first-order valence-electron chi connectivity index (χ1n) is 5.13. The van der Waals surface area contributed by atoms with E-state index in [1.165, 1.54) is 6.07 Å². The molecule has 0 heterocycles. The Hall–Kier alpha value is -0.590. The minimum Gasteiger partial charge on any atom is -0.329 e. The van der Waals surface area contributed by atoms with Crippen LogP contribution < -0.4 is 11.1 Å². The second-order valence-electron chi connectivity index (χ2n) is 3.82. The Kier molecular flexibility index (Phi) is 4.97. The van der Waals surface area contributed by atoms with Crippen molar-refractivity contribution in [2.75, 3.05) is 6.54 Å². The van der Waals surface area contributed by atoms with Crippen LogP contribution in [0.25, 0.3) is 0 Å². The molecule has 0 fully saturated rings. The van der Waals surface area contributed by atoms with Crippen molar-refractivity contribution in [3.05, 3.63) is 33.8 Å². The van der Waals surface area contributed by atoms with E-state index in [4.69, 9.17) is 5.73 Å². The van der Waals surface area contributed by atoms with Gasteiger partial charge in [0.2, 0.25) is 0 Å². The minimum absolute atomic E-state index is 0.0662. The average Bonchev–Trinajstić information content (AvgIpc) is 2.26. The van der Waals surface area contributed by atoms with Gasteiger partial charge in [-0.3, -0.25) is 0 Å². The van der Waals surface area contributed by atoms with Gasteiger partial charge >= 0.3 is 6.18 Å². The fraction of sp³-hybridized carbons (Fsp3) is 0.455. The summed E-state index contributed by atoms with van der Waals surface area (Å²) in [5.74, 6) is 0. The molecular weight excluding hydrogens is 297 g/mol. The highest BCUT2D eigenvalue weighted by molar-refractivity contribution is 9.10. The zero-order chi connectivity index (χ0) is 13.1. The van der Waals surface area contributed by atoms with Crippen LogP contribution in [0.4, 0.5) is 13.2 Å². The molecule has 2 nitrogen and oxygen atoms in total. The number of hydrogen-bond donors (Lipinski definition) is 2. The normalized spacial score (nSPS) is 13.8. The van der Waals surface area contributed by atoms with Crippen LogP contribution in [-0.2, 0) is 12.7 Å². The van der Waals surface area contributed by atoms with Gasteiger partial charge in [-0.25, -0.2) is 0 Å². The lowest BCUT2D eigenvalue weighted by molar-refractivity contribution is -0.137. The maximum absolute atomic E-state index is 12.5. The van der Waals surface area contributed by atoms with Crippen LogP contribution in [-0.4, -0.2) is 12.6 Å². The third kappa shape index (κ3) is 4.29. The van der Waals surface area contributed by atoms with Crippen LogP contribution in [0.15, 0.2) is 22.7 Å². The molecule has 0 unspecified atom stereocenters. The highest BCUT2D eigenvalue weighted by Gasteiger charge is 2.30. The zero-order valence-electron chi connectivity index (χ0n) is 9.31. The van der Waals surface area contributed by atoms with E-state index in [-0.39, 0.29) is 6.04 Å². The largest absolute Gasteiger partial charge is 0.416 e. The minimum atomic E-state index is -4.31. The van der Waals surface area contributed by atoms with Crippen molar-refractivity contribution >= 4 is 15.9 Å². The van der Waals surface area contributed by atoms with Gasteiger partial charge in [0.25, 0.3) is 0 Å². The molecule has 0 aliphatic heterocycles. The SMILES string of the molecule is C[C@@H](CN)NCc1cc(C(F)(F)F)ccc1Br. The standard InChI is InChI=1S/C11H14BrF3N2/c1-7(5-16)17-6-8-4-9(11(13,14)15)2-3-10(8)12/h2-4,7,17H,5-6,16H2,1H3/t7-/m0/s1. The van der Waals surface area contributed by atoms with E-state index in [1.54, 1.807) is 0 Å². The summed E-state index contributed by atoms with van der Waals surface area (Å²) in [6.07, 6.45) is -4.31. The number of nitrogens with one attached hydrogen (secondary N) is 1. The van der Waals surface area contributed by atoms with Gasteiger partial charge < -0.3 is 11.1 Å². The van der Waals surface area contributed by atoms with Crippen LogP contribution in [0.1, 0.15) is 18.1 Å². The first-order chi connectivity index (χ1) is 7.84. The fourth-order valence-corrected chi connectivity index (χ4v) is 1.64. The summed E-state index contributed by atoms with van der Waals surface area (Å²) in [4.78, 5) is 0. The number of halogens is 4. The van der Waals surface area contributed by atoms with Crippen molar-refractivity contribution in [1.29, 1.82) is 0 Å². The number of alkyl halides is 3. The fourth-order valence-electron chi connectivity index (χ4n) is 1.25. The predicted octanol–water partition coefficient (Wildman–Crippen LogP) is 2.90. The molecule has 6 heteroatoms. The topological polar surface area (TPSA) is 38.0 Å². The molecule has 0 spiro atoms. The van der Waals surface area contributed by atoms with Crippen LogP contribution in [0.2, 0.25) is 0 Å². The summed E-state index contributed by atoms with van der Waals surface area (Å²) in [7, 11) is 0. The van der Waals surface area contributed by atoms with Crippen molar-refractivity contribution in [3.63, 3.8) is 0 Å². The molecule has 0 amide bonds. The molecule has 0 saturated carbocycles. The van der Waals surface area contributed by atoms with Crippen LogP contribution in [0.3, 0.4) is 0 Å². The van der Waals surface area contributed by atoms with Gasteiger partial charge in [0.15, 0.2) is 0 Å². The molecule has 3 N–H and O–H groups in total. The molecule has 1 aromatic rings. The quantitative estimate of drug-likeness (QED) is 0.897. The van der Waals surface area contributed by atoms with Gasteiger partial charge in [-0.15, -0.1) is 0 Å². The van der Waals surface area contributed by atoms with Crippen molar-refractivity contribution in [3.8, 4) is 0 Å². The molecule has 0 aromatic heterocycles. The summed E-state index contributed by atoms with van der Waals surface area (Å²) < 4.78 is 38.2. The maximum Gasteiger partial charge on any atom is 0.416 e. The Bertz CT molecular complexity index is 379. The number of hydrogen-bond acceptors (Lipinski definition) is 2. The summed E-state index contributed by atoms with van der Waals surface area (Å²) in [5.41, 5.74) is 5.35. The van der Waals surface area contributed by atoms with Gasteiger partial charge in [-0.05, 0) is 30.7 Å². The third-order valence-electron chi connectivity index (χ3n) is 2.37. The van der Waals surface area contributed by atoms with Crippen LogP contribution in [0, 0.1) is 0 Å². The Morgan fingerprint density at radius 1 is 1.41 bits per heavy atom. The van der Waals surface area contributed by atoms with E-state index in [0.29, 0.717) is 23.1 Å². The number of rotatable bonds is 4. The van der Waals surface area contributed by atoms with E-state index >= 15 is 0 Å². The monoisotopic (exact) mass is 310 g/mol. The Morgan fingerprint density at radius 2 is 2.06 bits per heavy atom. The number of benzene rings is 1. The molecule has 0 aliphatic carbocycles. The van der Waals surface area contributed by atoms with E-state index < -0.39 is 11.7 Å². The van der Waals surface area contributed by atoms with Gasteiger partial charge in [-0.1, -0.05) is 15.9 Å². The average molecular weight is 311 g/mol. The van der Waals surface area contributed by atoms with Crippen LogP contribution >= 0.6 is 15.9 Å². The predicted molar refractivity (Wildman–Crippen MR) is 64.5 cm³/mol. The number of nitrogens with two attached hydrogens (primary N) is 1. The molecule has 1 rings (SSSR count). The summed E-state index contributed by atoms with van der Waals surface area (Å²) in [6.45, 7) is 2.67. The highest BCUT2D eigenvalue weighted by atomic mass is 79.9. The zero-order valence-corrected chi connectivity index (χ0v) is 10.9. The molecule has 17 heavy (non-hydrogen) atoms. The Balaban J connectivity index is 2.84. The highest BCUT2D eigenvalue weighted by Crippen LogP contribution is 2.31. The molecule has 0 radical (unpaired) electrons. The summed E-state index contributed by atoms with van der Waals surface area (Å²) in [5, 5.41) is 3.05. The molecule has 0 bridgehead atoms. The lowest BCUT2D eigenvalue weighted by Crippen LogP contribution is -2.32. The van der Waals surface area contributed by atoms with Crippen molar-refractivity contribution < 1.29 is 13.2 Å². The molecule has 1 aromatic carbocycles. The van der Waals surface area contributed by atoms with Crippen molar-refractivity contribution in [2.24, 2.45) is 5.73 Å². The van der Waals surface area contributed by atoms with E-state index in [2.05, 4.69) is 21.2 Å². The van der Waals surface area contributed by atoms with Crippen molar-refractivity contribution in [2.45, 2.75) is 25.7 Å². The van der Waals surface area contributed by atoms with E-state index in [0.717, 1.165) is 12.1 Å². The van der Waals surface area contributed by atoms with E-state index in [1.807, 2.05) is 6.92 Å². The summed E-state index contributed by atoms with van der Waals surface area (Å²) >= 11 is 3.23. The lowest BCUT2D eigenvalue weighted by atomic mass is 10.1. The van der Waals surface area contributed by atoms with Crippen molar-refractivity contribution in [1.82, 2.24) is 5.32 Å². The van der Waals surface area contributed by atoms with Crippen LogP contribution in [0.5, 0.6) is 0 Å². The maximum atomic E-state index is 12.5. The third-order valence-corrected chi connectivity index (χ3v) is 3.14. The molecule has 96 valence electrons. The van der Waals surface area contributed by atoms with Gasteiger partial charge in [0.1, 0.15) is 0 Å². The van der Waals surface area contributed by atoms with Gasteiger partial charge in [0, 0.05) is 23.6 Å². The Morgan fingerprint density at radius 3 is 2.59 bits per heavy atom. The van der Waals surface area contributed by atoms with E-state index in [9.17, 15) is 13.2 Å². The molecular formula is C11H14BrF3N2.